The topological polar surface area (TPSA) is 46.9 Å². The highest BCUT2D eigenvalue weighted by molar-refractivity contribution is 5.74. The second kappa shape index (κ2) is 5.75. The first-order chi connectivity index (χ1) is 9.75. The number of hydrogen-bond acceptors (Lipinski definition) is 3. The summed E-state index contributed by atoms with van der Waals surface area (Å²) in [4.78, 5) is 16.6. The first-order valence-electron chi connectivity index (χ1n) is 7.45. The molecule has 1 aliphatic rings. The van der Waals surface area contributed by atoms with E-state index in [0.29, 0.717) is 5.69 Å². The molecule has 1 heterocycles. The molecule has 1 N–H and O–H groups in total. The van der Waals surface area contributed by atoms with Crippen LogP contribution in [-0.2, 0) is 6.54 Å². The van der Waals surface area contributed by atoms with Gasteiger partial charge in [-0.3, -0.25) is 4.79 Å². The van der Waals surface area contributed by atoms with Gasteiger partial charge in [0.2, 0.25) is 0 Å². The van der Waals surface area contributed by atoms with Gasteiger partial charge in [-0.1, -0.05) is 12.1 Å². The molecule has 106 valence electrons. The van der Waals surface area contributed by atoms with Gasteiger partial charge in [0.05, 0.1) is 11.0 Å². The standard InChI is InChI=1S/C16H21N3O/c1-12-16(20)19(11-5-4-10-17-13-8-9-13)15-7-3-2-6-14(15)18-12/h2-3,6-7,13,17H,4-5,8-11H2,1H3. The van der Waals surface area contributed by atoms with Crippen LogP contribution in [0.5, 0.6) is 0 Å². The van der Waals surface area contributed by atoms with Crippen molar-refractivity contribution in [1.29, 1.82) is 0 Å². The average molecular weight is 271 g/mol. The maximum absolute atomic E-state index is 12.2. The molecule has 0 spiro atoms. The van der Waals surface area contributed by atoms with E-state index in [1.807, 2.05) is 28.8 Å². The molecule has 0 unspecified atom stereocenters. The van der Waals surface area contributed by atoms with Gasteiger partial charge < -0.3 is 9.88 Å². The van der Waals surface area contributed by atoms with Crippen molar-refractivity contribution in [1.82, 2.24) is 14.9 Å². The fraction of sp³-hybridized carbons (Fsp3) is 0.500. The molecule has 0 bridgehead atoms. The van der Waals surface area contributed by atoms with Crippen LogP contribution >= 0.6 is 0 Å². The SMILES string of the molecule is Cc1nc2ccccc2n(CCCCNC2CC2)c1=O. The fourth-order valence-corrected chi connectivity index (χ4v) is 2.53. The molecule has 1 aliphatic carbocycles. The van der Waals surface area contributed by atoms with Crippen molar-refractivity contribution in [2.75, 3.05) is 6.54 Å². The lowest BCUT2D eigenvalue weighted by Crippen LogP contribution is -2.25. The zero-order valence-corrected chi connectivity index (χ0v) is 11.9. The van der Waals surface area contributed by atoms with Gasteiger partial charge in [-0.05, 0) is 51.3 Å². The summed E-state index contributed by atoms with van der Waals surface area (Å²) in [6, 6.07) is 8.63. The minimum absolute atomic E-state index is 0.0406. The highest BCUT2D eigenvalue weighted by Gasteiger charge is 2.19. The van der Waals surface area contributed by atoms with E-state index in [4.69, 9.17) is 0 Å². The molecular weight excluding hydrogens is 250 g/mol. The number of aromatic nitrogens is 2. The minimum atomic E-state index is 0.0406. The largest absolute Gasteiger partial charge is 0.314 e. The van der Waals surface area contributed by atoms with Crippen LogP contribution in [0.3, 0.4) is 0 Å². The molecule has 1 saturated carbocycles. The van der Waals surface area contributed by atoms with E-state index in [1.165, 1.54) is 12.8 Å². The fourth-order valence-electron chi connectivity index (χ4n) is 2.53. The molecular formula is C16H21N3O. The predicted octanol–water partition coefficient (Wildman–Crippen LogP) is 2.24. The second-order valence-corrected chi connectivity index (χ2v) is 5.58. The van der Waals surface area contributed by atoms with Crippen molar-refractivity contribution < 1.29 is 0 Å². The second-order valence-electron chi connectivity index (χ2n) is 5.58. The zero-order valence-electron chi connectivity index (χ0n) is 11.9. The van der Waals surface area contributed by atoms with Crippen molar-refractivity contribution >= 4 is 11.0 Å². The molecule has 0 saturated heterocycles. The lowest BCUT2D eigenvalue weighted by molar-refractivity contribution is 0.565. The third-order valence-corrected chi connectivity index (χ3v) is 3.83. The number of fused-ring (bicyclic) bond motifs is 1. The van der Waals surface area contributed by atoms with Crippen LogP contribution in [0, 0.1) is 6.92 Å². The van der Waals surface area contributed by atoms with Crippen LogP contribution in [0.25, 0.3) is 11.0 Å². The van der Waals surface area contributed by atoms with E-state index in [-0.39, 0.29) is 5.56 Å². The molecule has 0 amide bonds. The van der Waals surface area contributed by atoms with E-state index < -0.39 is 0 Å². The number of nitrogens with zero attached hydrogens (tertiary/aromatic N) is 2. The molecule has 0 radical (unpaired) electrons. The van der Waals surface area contributed by atoms with Crippen LogP contribution in [0.1, 0.15) is 31.4 Å². The Morgan fingerprint density at radius 1 is 1.30 bits per heavy atom. The van der Waals surface area contributed by atoms with Crippen LogP contribution in [0.4, 0.5) is 0 Å². The van der Waals surface area contributed by atoms with Gasteiger partial charge in [0.25, 0.3) is 5.56 Å². The minimum Gasteiger partial charge on any atom is -0.314 e. The quantitative estimate of drug-likeness (QED) is 0.820. The summed E-state index contributed by atoms with van der Waals surface area (Å²) in [7, 11) is 0. The Morgan fingerprint density at radius 2 is 2.10 bits per heavy atom. The lowest BCUT2D eigenvalue weighted by Gasteiger charge is -2.11. The van der Waals surface area contributed by atoms with Gasteiger partial charge in [0, 0.05) is 12.6 Å². The third-order valence-electron chi connectivity index (χ3n) is 3.83. The first kappa shape index (κ1) is 13.3. The molecule has 20 heavy (non-hydrogen) atoms. The van der Waals surface area contributed by atoms with Crippen molar-refractivity contribution in [3.05, 3.63) is 40.3 Å². The number of aryl methyl sites for hydroxylation is 2. The van der Waals surface area contributed by atoms with Crippen LogP contribution in [-0.4, -0.2) is 22.1 Å². The van der Waals surface area contributed by atoms with Crippen molar-refractivity contribution in [3.8, 4) is 0 Å². The van der Waals surface area contributed by atoms with Gasteiger partial charge >= 0.3 is 0 Å². The molecule has 0 aliphatic heterocycles. The Balaban J connectivity index is 1.71. The summed E-state index contributed by atoms with van der Waals surface area (Å²) in [5.74, 6) is 0. The summed E-state index contributed by atoms with van der Waals surface area (Å²) in [5.41, 5.74) is 2.47. The summed E-state index contributed by atoms with van der Waals surface area (Å²) in [6.07, 6.45) is 4.78. The summed E-state index contributed by atoms with van der Waals surface area (Å²) < 4.78 is 1.87. The van der Waals surface area contributed by atoms with Crippen molar-refractivity contribution in [2.45, 2.75) is 45.2 Å². The summed E-state index contributed by atoms with van der Waals surface area (Å²) >= 11 is 0. The number of benzene rings is 1. The molecule has 0 atom stereocenters. The van der Waals surface area contributed by atoms with Gasteiger partial charge in [-0.25, -0.2) is 4.98 Å². The van der Waals surface area contributed by atoms with Gasteiger partial charge in [-0.15, -0.1) is 0 Å². The smallest absolute Gasteiger partial charge is 0.272 e. The number of rotatable bonds is 6. The molecule has 4 nitrogen and oxygen atoms in total. The van der Waals surface area contributed by atoms with Gasteiger partial charge in [0.1, 0.15) is 5.69 Å². The molecule has 1 aromatic carbocycles. The highest BCUT2D eigenvalue weighted by atomic mass is 16.1. The van der Waals surface area contributed by atoms with E-state index in [9.17, 15) is 4.79 Å². The Hall–Kier alpha value is -1.68. The number of unbranched alkanes of at least 4 members (excludes halogenated alkanes) is 1. The Morgan fingerprint density at radius 3 is 2.90 bits per heavy atom. The average Bonchev–Trinajstić information content (AvgIpc) is 3.26. The molecule has 1 aromatic heterocycles. The third kappa shape index (κ3) is 2.90. The monoisotopic (exact) mass is 271 g/mol. The molecule has 4 heteroatoms. The maximum atomic E-state index is 12.2. The van der Waals surface area contributed by atoms with E-state index in [2.05, 4.69) is 10.3 Å². The number of para-hydroxylation sites is 2. The molecule has 3 rings (SSSR count). The normalized spacial score (nSPS) is 14.8. The van der Waals surface area contributed by atoms with Gasteiger partial charge in [0.15, 0.2) is 0 Å². The van der Waals surface area contributed by atoms with Crippen molar-refractivity contribution in [3.63, 3.8) is 0 Å². The predicted molar refractivity (Wildman–Crippen MR) is 81.0 cm³/mol. The van der Waals surface area contributed by atoms with E-state index in [0.717, 1.165) is 43.0 Å². The molecule has 1 fully saturated rings. The zero-order chi connectivity index (χ0) is 13.9. The Bertz CT molecular complexity index is 658. The summed E-state index contributed by atoms with van der Waals surface area (Å²) in [6.45, 7) is 3.62. The van der Waals surface area contributed by atoms with E-state index >= 15 is 0 Å². The maximum Gasteiger partial charge on any atom is 0.272 e. The lowest BCUT2D eigenvalue weighted by atomic mass is 10.2. The van der Waals surface area contributed by atoms with Gasteiger partial charge in [-0.2, -0.15) is 0 Å². The molecule has 2 aromatic rings. The number of hydrogen-bond donors (Lipinski definition) is 1. The number of nitrogens with one attached hydrogen (secondary N) is 1. The Labute approximate surface area is 118 Å². The van der Waals surface area contributed by atoms with Crippen molar-refractivity contribution in [2.24, 2.45) is 0 Å². The van der Waals surface area contributed by atoms with Crippen LogP contribution in [0.15, 0.2) is 29.1 Å². The first-order valence-corrected chi connectivity index (χ1v) is 7.45. The van der Waals surface area contributed by atoms with Crippen LogP contribution < -0.4 is 10.9 Å². The Kier molecular flexibility index (Phi) is 3.83. The highest BCUT2D eigenvalue weighted by Crippen LogP contribution is 2.18. The summed E-state index contributed by atoms with van der Waals surface area (Å²) in [5, 5.41) is 3.51. The van der Waals surface area contributed by atoms with Crippen LogP contribution in [0.2, 0.25) is 0 Å². The van der Waals surface area contributed by atoms with E-state index in [1.54, 1.807) is 6.92 Å².